The van der Waals surface area contributed by atoms with Gasteiger partial charge in [0.15, 0.2) is 0 Å². The monoisotopic (exact) mass is 460 g/mol. The van der Waals surface area contributed by atoms with Gasteiger partial charge in [-0.15, -0.1) is 0 Å². The van der Waals surface area contributed by atoms with Crippen molar-refractivity contribution in [2.24, 2.45) is 0 Å². The highest BCUT2D eigenvalue weighted by atomic mass is 32.2. The number of carbonyl (C=O) groups excluding carboxylic acids is 1. The van der Waals surface area contributed by atoms with Gasteiger partial charge in [-0.05, 0) is 67.9 Å². The Kier molecular flexibility index (Phi) is 8.11. The number of rotatable bonds is 9. The second-order valence-electron chi connectivity index (χ2n) is 7.94. The summed E-state index contributed by atoms with van der Waals surface area (Å²) >= 11 is 0. The van der Waals surface area contributed by atoms with Crippen LogP contribution in [0.1, 0.15) is 18.9 Å². The molecule has 0 radical (unpaired) electrons. The van der Waals surface area contributed by atoms with Gasteiger partial charge in [0.25, 0.3) is 0 Å². The summed E-state index contributed by atoms with van der Waals surface area (Å²) in [5.74, 6) is 0.664. The average Bonchev–Trinajstić information content (AvgIpc) is 2.77. The Hall–Kier alpha value is -2.62. The minimum Gasteiger partial charge on any atom is -0.497 e. The highest BCUT2D eigenvalue weighted by Gasteiger charge is 2.19. The molecule has 0 unspecified atom stereocenters. The normalized spacial score (nSPS) is 14.9. The molecule has 1 heterocycles. The minimum atomic E-state index is -3.59. The van der Waals surface area contributed by atoms with E-state index in [-0.39, 0.29) is 10.8 Å². The lowest BCUT2D eigenvalue weighted by Gasteiger charge is -2.36. The number of ether oxygens (including phenoxy) is 1. The number of nitrogens with zero attached hydrogens (tertiary/aromatic N) is 2. The van der Waals surface area contributed by atoms with E-state index < -0.39 is 10.0 Å². The van der Waals surface area contributed by atoms with Gasteiger partial charge in [0.1, 0.15) is 5.75 Å². The van der Waals surface area contributed by atoms with Crippen LogP contribution in [0, 0.1) is 6.92 Å². The van der Waals surface area contributed by atoms with E-state index in [1.54, 1.807) is 26.2 Å². The van der Waals surface area contributed by atoms with Crippen LogP contribution in [0.5, 0.6) is 5.75 Å². The van der Waals surface area contributed by atoms with Crippen molar-refractivity contribution in [2.45, 2.75) is 25.2 Å². The van der Waals surface area contributed by atoms with Gasteiger partial charge in [0.05, 0.1) is 12.0 Å². The topological polar surface area (TPSA) is 91.0 Å². The van der Waals surface area contributed by atoms with E-state index in [1.807, 2.05) is 12.1 Å². The molecule has 32 heavy (non-hydrogen) atoms. The molecule has 0 aliphatic carbocycles. The first kappa shape index (κ1) is 24.0. The molecular formula is C23H32N4O4S. The number of methoxy groups -OCH3 is 1. The van der Waals surface area contributed by atoms with Gasteiger partial charge in [0.2, 0.25) is 15.9 Å². The zero-order chi connectivity index (χ0) is 23.1. The van der Waals surface area contributed by atoms with Crippen LogP contribution in [0.2, 0.25) is 0 Å². The first-order chi connectivity index (χ1) is 15.3. The maximum Gasteiger partial charge on any atom is 0.240 e. The van der Waals surface area contributed by atoms with E-state index >= 15 is 0 Å². The van der Waals surface area contributed by atoms with Crippen molar-refractivity contribution in [3.8, 4) is 5.75 Å². The Morgan fingerprint density at radius 1 is 1.06 bits per heavy atom. The van der Waals surface area contributed by atoms with Gasteiger partial charge in [-0.3, -0.25) is 9.69 Å². The third kappa shape index (κ3) is 6.44. The van der Waals surface area contributed by atoms with Crippen LogP contribution in [-0.2, 0) is 14.8 Å². The van der Waals surface area contributed by atoms with Crippen molar-refractivity contribution < 1.29 is 17.9 Å². The lowest BCUT2D eigenvalue weighted by Crippen LogP contribution is -2.47. The number of nitrogens with one attached hydrogen (secondary N) is 2. The molecule has 0 bridgehead atoms. The summed E-state index contributed by atoms with van der Waals surface area (Å²) in [5, 5.41) is 2.66. The summed E-state index contributed by atoms with van der Waals surface area (Å²) in [6.07, 6.45) is 0.741. The third-order valence-electron chi connectivity index (χ3n) is 5.54. The predicted molar refractivity (Wildman–Crippen MR) is 127 cm³/mol. The quantitative estimate of drug-likeness (QED) is 0.559. The summed E-state index contributed by atoms with van der Waals surface area (Å²) in [6, 6.07) is 12.9. The van der Waals surface area contributed by atoms with Crippen molar-refractivity contribution in [2.75, 3.05) is 56.6 Å². The Morgan fingerprint density at radius 3 is 2.34 bits per heavy atom. The summed E-state index contributed by atoms with van der Waals surface area (Å²) in [7, 11) is -1.92. The molecule has 1 aliphatic heterocycles. The molecule has 3 rings (SSSR count). The number of sulfonamides is 1. The van der Waals surface area contributed by atoms with Gasteiger partial charge >= 0.3 is 0 Å². The molecule has 174 valence electrons. The van der Waals surface area contributed by atoms with Gasteiger partial charge in [-0.1, -0.05) is 0 Å². The largest absolute Gasteiger partial charge is 0.497 e. The van der Waals surface area contributed by atoms with Crippen molar-refractivity contribution in [3.05, 3.63) is 48.0 Å². The second-order valence-corrected chi connectivity index (χ2v) is 9.67. The Morgan fingerprint density at radius 2 is 1.75 bits per heavy atom. The van der Waals surface area contributed by atoms with E-state index in [4.69, 9.17) is 4.74 Å². The van der Waals surface area contributed by atoms with Crippen LogP contribution >= 0.6 is 0 Å². The molecule has 1 aliphatic rings. The molecule has 0 aromatic heterocycles. The summed E-state index contributed by atoms with van der Waals surface area (Å²) < 4.78 is 33.2. The number of hydrogen-bond acceptors (Lipinski definition) is 6. The van der Waals surface area contributed by atoms with Crippen LogP contribution < -0.4 is 19.7 Å². The molecule has 8 nitrogen and oxygen atoms in total. The van der Waals surface area contributed by atoms with Crippen molar-refractivity contribution in [1.82, 2.24) is 9.62 Å². The van der Waals surface area contributed by atoms with Crippen LogP contribution in [0.25, 0.3) is 0 Å². The molecule has 1 fully saturated rings. The number of amides is 1. The van der Waals surface area contributed by atoms with Gasteiger partial charge in [-0.25, -0.2) is 13.1 Å². The van der Waals surface area contributed by atoms with E-state index in [0.29, 0.717) is 17.8 Å². The number of benzene rings is 2. The lowest BCUT2D eigenvalue weighted by molar-refractivity contribution is -0.114. The number of piperazine rings is 1. The smallest absolute Gasteiger partial charge is 0.240 e. The number of carbonyl (C=O) groups is 1. The molecule has 9 heteroatoms. The molecule has 0 spiro atoms. The number of hydrogen-bond donors (Lipinski definition) is 2. The Bertz CT molecular complexity index is 1020. The van der Waals surface area contributed by atoms with Crippen LogP contribution in [0.4, 0.5) is 11.4 Å². The van der Waals surface area contributed by atoms with Crippen molar-refractivity contribution in [3.63, 3.8) is 0 Å². The fourth-order valence-corrected chi connectivity index (χ4v) is 5.14. The maximum atomic E-state index is 12.7. The molecule has 1 amide bonds. The van der Waals surface area contributed by atoms with Crippen LogP contribution in [0.15, 0.2) is 47.4 Å². The number of aryl methyl sites for hydroxylation is 1. The molecule has 0 saturated carbocycles. The van der Waals surface area contributed by atoms with Gasteiger partial charge in [-0.2, -0.15) is 0 Å². The summed E-state index contributed by atoms with van der Waals surface area (Å²) in [6.45, 7) is 8.15. The summed E-state index contributed by atoms with van der Waals surface area (Å²) in [5.41, 5.74) is 2.37. The second kappa shape index (κ2) is 10.8. The molecule has 0 atom stereocenters. The molecule has 1 saturated heterocycles. The van der Waals surface area contributed by atoms with Crippen LogP contribution in [0.3, 0.4) is 0 Å². The zero-order valence-electron chi connectivity index (χ0n) is 18.9. The SMILES string of the molecule is COc1ccc(N2CCN(CCCNS(=O)(=O)c3ccc(NC(C)=O)cc3C)CC2)cc1. The van der Waals surface area contributed by atoms with Crippen molar-refractivity contribution >= 4 is 27.3 Å². The van der Waals surface area contributed by atoms with E-state index in [2.05, 4.69) is 32.0 Å². The molecule has 2 N–H and O–H groups in total. The zero-order valence-corrected chi connectivity index (χ0v) is 19.7. The lowest BCUT2D eigenvalue weighted by atomic mass is 10.2. The minimum absolute atomic E-state index is 0.192. The predicted octanol–water partition coefficient (Wildman–Crippen LogP) is 2.45. The van der Waals surface area contributed by atoms with Gasteiger partial charge in [0, 0.05) is 51.0 Å². The molecular weight excluding hydrogens is 428 g/mol. The Labute approximate surface area is 190 Å². The highest BCUT2D eigenvalue weighted by molar-refractivity contribution is 7.89. The first-order valence-corrected chi connectivity index (χ1v) is 12.3. The van der Waals surface area contributed by atoms with Gasteiger partial charge < -0.3 is 15.0 Å². The average molecular weight is 461 g/mol. The van der Waals surface area contributed by atoms with E-state index in [0.717, 1.165) is 44.9 Å². The number of anilines is 2. The molecule has 2 aromatic carbocycles. The highest BCUT2D eigenvalue weighted by Crippen LogP contribution is 2.21. The maximum absolute atomic E-state index is 12.7. The molecule has 2 aromatic rings. The summed E-state index contributed by atoms with van der Waals surface area (Å²) in [4.78, 5) is 16.1. The Balaban J connectivity index is 1.42. The van der Waals surface area contributed by atoms with E-state index in [9.17, 15) is 13.2 Å². The first-order valence-electron chi connectivity index (χ1n) is 10.8. The fraction of sp³-hybridized carbons (Fsp3) is 0.435. The van der Waals surface area contributed by atoms with Crippen LogP contribution in [-0.4, -0.2) is 65.6 Å². The third-order valence-corrected chi connectivity index (χ3v) is 7.16. The standard InChI is InChI=1S/C23H32N4O4S/c1-18-17-20(25-19(2)28)5-10-23(18)32(29,30)24-11-4-12-26-13-15-27(16-14-26)21-6-8-22(31-3)9-7-21/h5-10,17,24H,4,11-16H2,1-3H3,(H,25,28). The fourth-order valence-electron chi connectivity index (χ4n) is 3.84. The van der Waals surface area contributed by atoms with E-state index in [1.165, 1.54) is 18.7 Å². The van der Waals surface area contributed by atoms with Crippen molar-refractivity contribution in [1.29, 1.82) is 0 Å².